The van der Waals surface area contributed by atoms with Crippen LogP contribution in [-0.4, -0.2) is 52.0 Å². The molecule has 0 heterocycles. The Kier molecular flexibility index (Phi) is 8.25. The smallest absolute Gasteiger partial charge is 0.261 e. The minimum atomic E-state index is -3.47. The van der Waals surface area contributed by atoms with Crippen LogP contribution in [0.15, 0.2) is 47.4 Å². The van der Waals surface area contributed by atoms with Crippen LogP contribution in [0.3, 0.4) is 0 Å². The number of hydrogen-bond donors (Lipinski definition) is 1. The Morgan fingerprint density at radius 2 is 1.77 bits per heavy atom. The van der Waals surface area contributed by atoms with Crippen LogP contribution in [0, 0.1) is 13.8 Å². The van der Waals surface area contributed by atoms with Gasteiger partial charge in [-0.3, -0.25) is 4.79 Å². The topological polar surface area (TPSA) is 84.9 Å². The summed E-state index contributed by atoms with van der Waals surface area (Å²) >= 11 is 0. The third kappa shape index (κ3) is 6.21. The summed E-state index contributed by atoms with van der Waals surface area (Å²) in [7, 11) is -0.503. The van der Waals surface area contributed by atoms with Crippen LogP contribution in [0.1, 0.15) is 24.5 Å². The number of ether oxygens (including phenoxy) is 2. The summed E-state index contributed by atoms with van der Waals surface area (Å²) in [6.07, 6.45) is -0.0381. The number of carbonyl (C=O) groups excluding carboxylic acids is 1. The number of hydrogen-bond acceptors (Lipinski definition) is 5. The first-order valence-electron chi connectivity index (χ1n) is 9.82. The molecule has 0 aliphatic rings. The molecule has 0 aromatic heterocycles. The molecule has 0 aliphatic heterocycles. The molecule has 0 unspecified atom stereocenters. The van der Waals surface area contributed by atoms with Crippen molar-refractivity contribution in [3.05, 3.63) is 53.6 Å². The minimum absolute atomic E-state index is 0.197. The molecule has 0 fully saturated rings. The molecule has 1 atom stereocenters. The maximum absolute atomic E-state index is 12.4. The fraction of sp³-hybridized carbons (Fsp3) is 0.409. The highest BCUT2D eigenvalue weighted by Crippen LogP contribution is 2.21. The highest BCUT2D eigenvalue weighted by molar-refractivity contribution is 7.89. The summed E-state index contributed by atoms with van der Waals surface area (Å²) < 4.78 is 36.7. The van der Waals surface area contributed by atoms with Gasteiger partial charge >= 0.3 is 0 Å². The van der Waals surface area contributed by atoms with Gasteiger partial charge in [0, 0.05) is 14.1 Å². The molecule has 0 radical (unpaired) electrons. The van der Waals surface area contributed by atoms with Gasteiger partial charge < -0.3 is 14.8 Å². The number of aryl methyl sites for hydroxylation is 2. The first kappa shape index (κ1) is 23.7. The summed E-state index contributed by atoms with van der Waals surface area (Å²) in [4.78, 5) is 12.6. The summed E-state index contributed by atoms with van der Waals surface area (Å²) in [5.74, 6) is 1.03. The summed E-state index contributed by atoms with van der Waals surface area (Å²) in [5.41, 5.74) is 2.13. The number of sulfonamides is 1. The average molecular weight is 435 g/mol. The number of amides is 1. The minimum Gasteiger partial charge on any atom is -0.492 e. The van der Waals surface area contributed by atoms with Gasteiger partial charge in [-0.15, -0.1) is 0 Å². The number of rotatable bonds is 10. The van der Waals surface area contributed by atoms with E-state index in [-0.39, 0.29) is 17.4 Å². The zero-order valence-corrected chi connectivity index (χ0v) is 19.0. The molecule has 8 heteroatoms. The fourth-order valence-corrected chi connectivity index (χ4v) is 3.68. The molecule has 2 aromatic carbocycles. The van der Waals surface area contributed by atoms with E-state index in [9.17, 15) is 13.2 Å². The zero-order chi connectivity index (χ0) is 22.3. The van der Waals surface area contributed by atoms with Crippen molar-refractivity contribution < 1.29 is 22.7 Å². The quantitative estimate of drug-likeness (QED) is 0.581. The lowest BCUT2D eigenvalue weighted by atomic mass is 10.1. The third-order valence-electron chi connectivity index (χ3n) is 4.54. The lowest BCUT2D eigenvalue weighted by Gasteiger charge is -2.19. The van der Waals surface area contributed by atoms with Crippen LogP contribution >= 0.6 is 0 Å². The van der Waals surface area contributed by atoms with Gasteiger partial charge in [0.25, 0.3) is 5.91 Å². The molecule has 7 nitrogen and oxygen atoms in total. The molecule has 0 saturated heterocycles. The zero-order valence-electron chi connectivity index (χ0n) is 18.1. The number of carbonyl (C=O) groups is 1. The highest BCUT2D eigenvalue weighted by atomic mass is 32.2. The van der Waals surface area contributed by atoms with Crippen LogP contribution in [0.25, 0.3) is 0 Å². The molecule has 0 aliphatic carbocycles. The standard InChI is InChI=1S/C22H30N2O5S/c1-6-20(29-21-12-7-16(2)15-17(21)3)22(25)23-13-14-28-18-8-10-19(11-9-18)30(26,27)24(4)5/h7-12,15,20H,6,13-14H2,1-5H3,(H,23,25)/t20-/m0/s1. The molecule has 2 rings (SSSR count). The Bertz CT molecular complexity index is 956. The van der Waals surface area contributed by atoms with Crippen LogP contribution in [0.4, 0.5) is 0 Å². The van der Waals surface area contributed by atoms with Crippen molar-refractivity contribution in [3.8, 4) is 11.5 Å². The van der Waals surface area contributed by atoms with Crippen molar-refractivity contribution in [1.29, 1.82) is 0 Å². The number of benzene rings is 2. The van der Waals surface area contributed by atoms with Crippen molar-refractivity contribution in [2.45, 2.75) is 38.2 Å². The number of nitrogens with one attached hydrogen (secondary N) is 1. The van der Waals surface area contributed by atoms with Crippen LogP contribution in [-0.2, 0) is 14.8 Å². The maximum atomic E-state index is 12.4. The Hall–Kier alpha value is -2.58. The molecule has 164 valence electrons. The normalized spacial score (nSPS) is 12.5. The summed E-state index contributed by atoms with van der Waals surface area (Å²) in [6, 6.07) is 12.0. The van der Waals surface area contributed by atoms with Crippen LogP contribution < -0.4 is 14.8 Å². The second-order valence-corrected chi connectivity index (χ2v) is 9.33. The Morgan fingerprint density at radius 3 is 2.33 bits per heavy atom. The van der Waals surface area contributed by atoms with E-state index in [1.807, 2.05) is 39.0 Å². The van der Waals surface area contributed by atoms with Crippen molar-refractivity contribution in [2.75, 3.05) is 27.2 Å². The highest BCUT2D eigenvalue weighted by Gasteiger charge is 2.19. The molecule has 0 saturated carbocycles. The fourth-order valence-electron chi connectivity index (χ4n) is 2.78. The van der Waals surface area contributed by atoms with Gasteiger partial charge in [0.1, 0.15) is 18.1 Å². The molecule has 1 N–H and O–H groups in total. The lowest BCUT2D eigenvalue weighted by Crippen LogP contribution is -2.39. The Labute approximate surface area is 179 Å². The largest absolute Gasteiger partial charge is 0.492 e. The summed E-state index contributed by atoms with van der Waals surface area (Å²) in [6.45, 7) is 6.42. The maximum Gasteiger partial charge on any atom is 0.261 e. The van der Waals surface area contributed by atoms with Crippen LogP contribution in [0.5, 0.6) is 11.5 Å². The van der Waals surface area contributed by atoms with Crippen LogP contribution in [0.2, 0.25) is 0 Å². The van der Waals surface area contributed by atoms with Crippen molar-refractivity contribution in [3.63, 3.8) is 0 Å². The van der Waals surface area contributed by atoms with Gasteiger partial charge in [-0.05, 0) is 56.2 Å². The molecule has 30 heavy (non-hydrogen) atoms. The third-order valence-corrected chi connectivity index (χ3v) is 6.36. The predicted octanol–water partition coefficient (Wildman–Crippen LogP) is 2.91. The van der Waals surface area contributed by atoms with Crippen molar-refractivity contribution >= 4 is 15.9 Å². The number of nitrogens with zero attached hydrogens (tertiary/aromatic N) is 1. The average Bonchev–Trinajstić information content (AvgIpc) is 2.70. The van der Waals surface area contributed by atoms with Gasteiger partial charge in [-0.1, -0.05) is 24.6 Å². The van der Waals surface area contributed by atoms with E-state index < -0.39 is 16.1 Å². The first-order chi connectivity index (χ1) is 14.1. The van der Waals surface area contributed by atoms with Crippen molar-refractivity contribution in [2.24, 2.45) is 0 Å². The van der Waals surface area contributed by atoms with Gasteiger partial charge in [-0.2, -0.15) is 0 Å². The predicted molar refractivity (Wildman–Crippen MR) is 116 cm³/mol. The first-order valence-corrected chi connectivity index (χ1v) is 11.3. The van der Waals surface area contributed by atoms with Gasteiger partial charge in [0.15, 0.2) is 6.10 Å². The second-order valence-electron chi connectivity index (χ2n) is 7.18. The van der Waals surface area contributed by atoms with E-state index in [0.717, 1.165) is 15.4 Å². The molecule has 0 bridgehead atoms. The molecular formula is C22H30N2O5S. The molecular weight excluding hydrogens is 404 g/mol. The van der Waals surface area contributed by atoms with E-state index >= 15 is 0 Å². The van der Waals surface area contributed by atoms with Crippen molar-refractivity contribution in [1.82, 2.24) is 9.62 Å². The van der Waals surface area contributed by atoms with E-state index in [2.05, 4.69) is 5.32 Å². The lowest BCUT2D eigenvalue weighted by molar-refractivity contribution is -0.128. The van der Waals surface area contributed by atoms with E-state index in [4.69, 9.17) is 9.47 Å². The van der Waals surface area contributed by atoms with Gasteiger partial charge in [0.05, 0.1) is 11.4 Å². The van der Waals surface area contributed by atoms with E-state index in [1.165, 1.54) is 26.2 Å². The summed E-state index contributed by atoms with van der Waals surface area (Å²) in [5, 5.41) is 2.81. The molecule has 1 amide bonds. The monoisotopic (exact) mass is 434 g/mol. The Balaban J connectivity index is 1.83. The molecule has 2 aromatic rings. The van der Waals surface area contributed by atoms with Gasteiger partial charge in [-0.25, -0.2) is 12.7 Å². The second kappa shape index (κ2) is 10.4. The van der Waals surface area contributed by atoms with E-state index in [0.29, 0.717) is 24.5 Å². The Morgan fingerprint density at radius 1 is 1.10 bits per heavy atom. The SMILES string of the molecule is CC[C@H](Oc1ccc(C)cc1C)C(=O)NCCOc1ccc(S(=O)(=O)N(C)C)cc1. The van der Waals surface area contributed by atoms with Gasteiger partial charge in [0.2, 0.25) is 10.0 Å². The molecule has 0 spiro atoms. The van der Waals surface area contributed by atoms with E-state index in [1.54, 1.807) is 12.1 Å².